The first kappa shape index (κ1) is 25.5. The van der Waals surface area contributed by atoms with E-state index in [0.29, 0.717) is 34.8 Å². The van der Waals surface area contributed by atoms with Gasteiger partial charge in [-0.25, -0.2) is 4.79 Å². The molecule has 0 unspecified atom stereocenters. The SMILES string of the molecule is CCCCOc1ccc(C(=O)Oc2ccc(C=NNC(=S)NC3CCCCC3)cc2OC)cc1. The van der Waals surface area contributed by atoms with E-state index in [4.69, 9.17) is 26.4 Å². The maximum atomic E-state index is 12.6. The smallest absolute Gasteiger partial charge is 0.343 e. The highest BCUT2D eigenvalue weighted by Crippen LogP contribution is 2.28. The Morgan fingerprint density at radius 2 is 1.88 bits per heavy atom. The molecule has 2 aromatic carbocycles. The Kier molecular flexibility index (Phi) is 10.2. The average Bonchev–Trinajstić information content (AvgIpc) is 2.86. The van der Waals surface area contributed by atoms with Crippen LogP contribution in [0, 0.1) is 0 Å². The molecule has 182 valence electrons. The van der Waals surface area contributed by atoms with Gasteiger partial charge in [0.15, 0.2) is 16.6 Å². The molecule has 1 aliphatic carbocycles. The number of ether oxygens (including phenoxy) is 3. The summed E-state index contributed by atoms with van der Waals surface area (Å²) in [6.45, 7) is 2.77. The van der Waals surface area contributed by atoms with Crippen molar-refractivity contribution in [3.05, 3.63) is 53.6 Å². The highest BCUT2D eigenvalue weighted by Gasteiger charge is 2.14. The first-order valence-corrected chi connectivity index (χ1v) is 12.2. The zero-order valence-corrected chi connectivity index (χ0v) is 20.7. The van der Waals surface area contributed by atoms with Gasteiger partial charge in [-0.15, -0.1) is 0 Å². The summed E-state index contributed by atoms with van der Waals surface area (Å²) < 4.78 is 16.6. The second-order valence-electron chi connectivity index (χ2n) is 8.20. The molecule has 1 aliphatic rings. The Hall–Kier alpha value is -3.13. The van der Waals surface area contributed by atoms with Gasteiger partial charge < -0.3 is 19.5 Å². The van der Waals surface area contributed by atoms with Gasteiger partial charge in [0, 0.05) is 6.04 Å². The summed E-state index contributed by atoms with van der Waals surface area (Å²) in [7, 11) is 1.53. The number of carbonyl (C=O) groups excluding carboxylic acids is 1. The molecule has 34 heavy (non-hydrogen) atoms. The largest absolute Gasteiger partial charge is 0.494 e. The van der Waals surface area contributed by atoms with Crippen molar-refractivity contribution in [3.8, 4) is 17.2 Å². The van der Waals surface area contributed by atoms with Crippen LogP contribution >= 0.6 is 12.2 Å². The lowest BCUT2D eigenvalue weighted by Gasteiger charge is -2.23. The summed E-state index contributed by atoms with van der Waals surface area (Å²) in [4.78, 5) is 12.6. The topological polar surface area (TPSA) is 81.2 Å². The van der Waals surface area contributed by atoms with Crippen LogP contribution in [0.2, 0.25) is 0 Å². The minimum absolute atomic E-state index is 0.329. The number of unbranched alkanes of at least 4 members (excludes halogenated alkanes) is 1. The number of nitrogens with one attached hydrogen (secondary N) is 2. The van der Waals surface area contributed by atoms with Crippen LogP contribution in [0.15, 0.2) is 47.6 Å². The lowest BCUT2D eigenvalue weighted by molar-refractivity contribution is 0.0729. The molecule has 3 rings (SSSR count). The molecule has 8 heteroatoms. The average molecular weight is 484 g/mol. The lowest BCUT2D eigenvalue weighted by Crippen LogP contribution is -2.40. The quantitative estimate of drug-likeness (QED) is 0.120. The lowest BCUT2D eigenvalue weighted by atomic mass is 9.96. The minimum atomic E-state index is -0.472. The van der Waals surface area contributed by atoms with Crippen molar-refractivity contribution < 1.29 is 19.0 Å². The summed E-state index contributed by atoms with van der Waals surface area (Å²) in [5.74, 6) is 1.02. The molecule has 0 spiro atoms. The van der Waals surface area contributed by atoms with Gasteiger partial charge in [0.25, 0.3) is 0 Å². The molecular weight excluding hydrogens is 450 g/mol. The van der Waals surface area contributed by atoms with E-state index >= 15 is 0 Å². The summed E-state index contributed by atoms with van der Waals surface area (Å²) in [5, 5.41) is 8.02. The van der Waals surface area contributed by atoms with Crippen LogP contribution in [-0.2, 0) is 0 Å². The van der Waals surface area contributed by atoms with Crippen molar-refractivity contribution in [2.45, 2.75) is 57.9 Å². The number of rotatable bonds is 10. The standard InChI is InChI=1S/C26H33N3O4S/c1-3-4-16-32-22-13-11-20(12-14-22)25(30)33-23-15-10-19(17-24(23)31-2)18-27-29-26(34)28-21-8-6-5-7-9-21/h10-15,17-18,21H,3-9,16H2,1-2H3,(H2,28,29,34). The highest BCUT2D eigenvalue weighted by molar-refractivity contribution is 7.80. The van der Waals surface area contributed by atoms with Crippen LogP contribution in [0.3, 0.4) is 0 Å². The fourth-order valence-corrected chi connectivity index (χ4v) is 3.88. The predicted octanol–water partition coefficient (Wildman–Crippen LogP) is 5.22. The van der Waals surface area contributed by atoms with Gasteiger partial charge in [-0.2, -0.15) is 5.10 Å². The van der Waals surface area contributed by atoms with Crippen molar-refractivity contribution in [1.29, 1.82) is 0 Å². The van der Waals surface area contributed by atoms with Gasteiger partial charge in [0.2, 0.25) is 0 Å². The number of thiocarbonyl (C=S) groups is 1. The third-order valence-corrected chi connectivity index (χ3v) is 5.78. The maximum absolute atomic E-state index is 12.6. The van der Waals surface area contributed by atoms with Crippen LogP contribution in [0.1, 0.15) is 67.8 Å². The third kappa shape index (κ3) is 8.02. The van der Waals surface area contributed by atoms with Crippen LogP contribution in [0.4, 0.5) is 0 Å². The first-order valence-electron chi connectivity index (χ1n) is 11.8. The fourth-order valence-electron chi connectivity index (χ4n) is 3.66. The van der Waals surface area contributed by atoms with E-state index in [1.165, 1.54) is 26.4 Å². The van der Waals surface area contributed by atoms with Crippen LogP contribution < -0.4 is 25.0 Å². The highest BCUT2D eigenvalue weighted by atomic mass is 32.1. The number of carbonyl (C=O) groups is 1. The van der Waals surface area contributed by atoms with E-state index in [1.807, 2.05) is 0 Å². The van der Waals surface area contributed by atoms with Crippen molar-refractivity contribution in [2.24, 2.45) is 5.10 Å². The predicted molar refractivity (Wildman–Crippen MR) is 138 cm³/mol. The molecule has 0 aromatic heterocycles. The number of hydrazone groups is 1. The summed E-state index contributed by atoms with van der Waals surface area (Å²) in [6, 6.07) is 12.5. The summed E-state index contributed by atoms with van der Waals surface area (Å²) >= 11 is 5.32. The van der Waals surface area contributed by atoms with E-state index < -0.39 is 5.97 Å². The molecule has 0 amide bonds. The van der Waals surface area contributed by atoms with Crippen LogP contribution in [0.5, 0.6) is 17.2 Å². The van der Waals surface area contributed by atoms with Gasteiger partial charge in [-0.1, -0.05) is 32.6 Å². The molecule has 2 aromatic rings. The van der Waals surface area contributed by atoms with Crippen molar-refractivity contribution in [3.63, 3.8) is 0 Å². The molecule has 2 N–H and O–H groups in total. The second-order valence-corrected chi connectivity index (χ2v) is 8.61. The molecule has 0 heterocycles. The zero-order chi connectivity index (χ0) is 24.2. The third-order valence-electron chi connectivity index (χ3n) is 5.57. The van der Waals surface area contributed by atoms with Gasteiger partial charge in [0.05, 0.1) is 25.5 Å². The number of methoxy groups -OCH3 is 1. The Balaban J connectivity index is 1.54. The number of nitrogens with zero attached hydrogens (tertiary/aromatic N) is 1. The Labute approximate surface area is 206 Å². The maximum Gasteiger partial charge on any atom is 0.343 e. The molecule has 7 nitrogen and oxygen atoms in total. The summed E-state index contributed by atoms with van der Waals surface area (Å²) in [5.41, 5.74) is 4.06. The van der Waals surface area contributed by atoms with Gasteiger partial charge in [0.1, 0.15) is 5.75 Å². The number of hydrogen-bond acceptors (Lipinski definition) is 6. The van der Waals surface area contributed by atoms with Gasteiger partial charge >= 0.3 is 5.97 Å². The number of benzene rings is 2. The Morgan fingerprint density at radius 3 is 2.59 bits per heavy atom. The number of hydrogen-bond donors (Lipinski definition) is 2. The molecule has 1 fully saturated rings. The van der Waals surface area contributed by atoms with Crippen LogP contribution in [-0.4, -0.2) is 37.1 Å². The normalized spacial score (nSPS) is 13.9. The monoisotopic (exact) mass is 483 g/mol. The zero-order valence-electron chi connectivity index (χ0n) is 19.8. The van der Waals surface area contributed by atoms with Crippen molar-refractivity contribution in [2.75, 3.05) is 13.7 Å². The molecule has 1 saturated carbocycles. The summed E-state index contributed by atoms with van der Waals surface area (Å²) in [6.07, 6.45) is 9.74. The molecule has 0 atom stereocenters. The van der Waals surface area contributed by atoms with Gasteiger partial charge in [-0.05, 0) is 79.5 Å². The Bertz CT molecular complexity index is 973. The Morgan fingerprint density at radius 1 is 1.12 bits per heavy atom. The molecule has 0 aliphatic heterocycles. The van der Waals surface area contributed by atoms with E-state index in [-0.39, 0.29) is 0 Å². The van der Waals surface area contributed by atoms with Gasteiger partial charge in [-0.3, -0.25) is 5.43 Å². The van der Waals surface area contributed by atoms with E-state index in [2.05, 4.69) is 22.8 Å². The molecule has 0 bridgehead atoms. The first-order chi connectivity index (χ1) is 16.6. The van der Waals surface area contributed by atoms with E-state index in [1.54, 1.807) is 48.7 Å². The van der Waals surface area contributed by atoms with E-state index in [9.17, 15) is 4.79 Å². The van der Waals surface area contributed by atoms with E-state index in [0.717, 1.165) is 37.0 Å². The number of esters is 1. The minimum Gasteiger partial charge on any atom is -0.494 e. The molecular formula is C26H33N3O4S. The van der Waals surface area contributed by atoms with Crippen LogP contribution in [0.25, 0.3) is 0 Å². The molecule has 0 saturated heterocycles. The van der Waals surface area contributed by atoms with Crippen molar-refractivity contribution in [1.82, 2.24) is 10.7 Å². The second kappa shape index (κ2) is 13.5. The molecule has 0 radical (unpaired) electrons. The van der Waals surface area contributed by atoms with Crippen molar-refractivity contribution >= 4 is 29.5 Å². The fraction of sp³-hybridized carbons (Fsp3) is 0.423.